The average Bonchev–Trinajstić information content (AvgIpc) is 2.80. The zero-order valence-electron chi connectivity index (χ0n) is 12.5. The summed E-state index contributed by atoms with van der Waals surface area (Å²) in [4.78, 5) is 16.3. The molecule has 7 heteroatoms. The fourth-order valence-electron chi connectivity index (χ4n) is 1.99. The largest absolute Gasteiger partial charge is 0.351 e. The standard InChI is InChI=1S/C14H20N4O2S/c1-10(2)9-18-13-11(8-17-18)6-12(7-16-13)14(19)15-4-5-21(3)20/h6-8,10H,4-5,9H2,1-3H3,(H,15,19). The third-order valence-corrected chi connectivity index (χ3v) is 3.73. The van der Waals surface area contributed by atoms with Gasteiger partial charge in [-0.15, -0.1) is 0 Å². The Kier molecular flexibility index (Phi) is 5.06. The van der Waals surface area contributed by atoms with Crippen LogP contribution in [0.15, 0.2) is 18.5 Å². The van der Waals surface area contributed by atoms with Gasteiger partial charge in [-0.2, -0.15) is 5.10 Å². The van der Waals surface area contributed by atoms with Crippen molar-refractivity contribution in [2.45, 2.75) is 20.4 Å². The molecule has 1 unspecified atom stereocenters. The van der Waals surface area contributed by atoms with Crippen molar-refractivity contribution in [2.24, 2.45) is 5.92 Å². The van der Waals surface area contributed by atoms with Gasteiger partial charge in [-0.1, -0.05) is 13.8 Å². The van der Waals surface area contributed by atoms with E-state index in [1.54, 1.807) is 24.7 Å². The summed E-state index contributed by atoms with van der Waals surface area (Å²) >= 11 is 0. The topological polar surface area (TPSA) is 76.9 Å². The van der Waals surface area contributed by atoms with E-state index in [1.165, 1.54) is 0 Å². The quantitative estimate of drug-likeness (QED) is 0.870. The van der Waals surface area contributed by atoms with Crippen LogP contribution in [-0.4, -0.2) is 43.4 Å². The molecule has 0 aliphatic heterocycles. The highest BCUT2D eigenvalue weighted by Gasteiger charge is 2.10. The zero-order valence-corrected chi connectivity index (χ0v) is 13.3. The lowest BCUT2D eigenvalue weighted by atomic mass is 10.2. The lowest BCUT2D eigenvalue weighted by molar-refractivity contribution is 0.0956. The maximum Gasteiger partial charge on any atom is 0.252 e. The first-order valence-corrected chi connectivity index (χ1v) is 8.60. The molecule has 2 rings (SSSR count). The van der Waals surface area contributed by atoms with E-state index in [4.69, 9.17) is 0 Å². The van der Waals surface area contributed by atoms with E-state index in [1.807, 2.05) is 4.68 Å². The molecule has 114 valence electrons. The van der Waals surface area contributed by atoms with Gasteiger partial charge in [-0.05, 0) is 12.0 Å². The molecule has 0 aromatic carbocycles. The van der Waals surface area contributed by atoms with Crippen molar-refractivity contribution >= 4 is 27.7 Å². The number of nitrogens with zero attached hydrogens (tertiary/aromatic N) is 3. The van der Waals surface area contributed by atoms with Gasteiger partial charge >= 0.3 is 0 Å². The van der Waals surface area contributed by atoms with Gasteiger partial charge in [0.25, 0.3) is 5.91 Å². The Morgan fingerprint density at radius 1 is 1.43 bits per heavy atom. The van der Waals surface area contributed by atoms with E-state index in [0.29, 0.717) is 23.8 Å². The highest BCUT2D eigenvalue weighted by molar-refractivity contribution is 7.84. The van der Waals surface area contributed by atoms with E-state index in [2.05, 4.69) is 29.2 Å². The molecule has 0 bridgehead atoms. The molecule has 1 amide bonds. The van der Waals surface area contributed by atoms with E-state index in [-0.39, 0.29) is 5.91 Å². The molecule has 0 aliphatic rings. The highest BCUT2D eigenvalue weighted by atomic mass is 32.2. The Morgan fingerprint density at radius 3 is 2.86 bits per heavy atom. The monoisotopic (exact) mass is 308 g/mol. The van der Waals surface area contributed by atoms with Crippen LogP contribution in [0.4, 0.5) is 0 Å². The minimum Gasteiger partial charge on any atom is -0.351 e. The van der Waals surface area contributed by atoms with Crippen LogP contribution in [0, 0.1) is 5.92 Å². The predicted octanol–water partition coefficient (Wildman–Crippen LogP) is 1.20. The number of hydrogen-bond acceptors (Lipinski definition) is 4. The maximum atomic E-state index is 12.0. The van der Waals surface area contributed by atoms with Crippen LogP contribution < -0.4 is 5.32 Å². The predicted molar refractivity (Wildman–Crippen MR) is 83.6 cm³/mol. The van der Waals surface area contributed by atoms with Crippen molar-refractivity contribution in [2.75, 3.05) is 18.6 Å². The van der Waals surface area contributed by atoms with Gasteiger partial charge < -0.3 is 5.32 Å². The third-order valence-electron chi connectivity index (χ3n) is 2.95. The fourth-order valence-corrected chi connectivity index (χ4v) is 2.38. The molecule has 1 atom stereocenters. The second-order valence-corrected chi connectivity index (χ2v) is 6.95. The van der Waals surface area contributed by atoms with Crippen molar-refractivity contribution in [3.8, 4) is 0 Å². The lowest BCUT2D eigenvalue weighted by Gasteiger charge is -2.06. The molecular weight excluding hydrogens is 288 g/mol. The molecular formula is C14H20N4O2S. The fraction of sp³-hybridized carbons (Fsp3) is 0.500. The molecule has 0 fully saturated rings. The Balaban J connectivity index is 2.12. The van der Waals surface area contributed by atoms with E-state index in [9.17, 15) is 9.00 Å². The molecule has 0 spiro atoms. The lowest BCUT2D eigenvalue weighted by Crippen LogP contribution is -2.27. The van der Waals surface area contributed by atoms with Crippen molar-refractivity contribution in [1.82, 2.24) is 20.1 Å². The number of nitrogens with one attached hydrogen (secondary N) is 1. The van der Waals surface area contributed by atoms with Gasteiger partial charge in [-0.3, -0.25) is 9.00 Å². The number of carbonyl (C=O) groups is 1. The number of hydrogen-bond donors (Lipinski definition) is 1. The normalized spacial score (nSPS) is 12.8. The van der Waals surface area contributed by atoms with Crippen molar-refractivity contribution in [3.05, 3.63) is 24.0 Å². The molecule has 1 N–H and O–H groups in total. The van der Waals surface area contributed by atoms with Crippen LogP contribution in [0.5, 0.6) is 0 Å². The number of rotatable bonds is 6. The van der Waals surface area contributed by atoms with E-state index in [0.717, 1.165) is 17.6 Å². The molecule has 2 aromatic heterocycles. The van der Waals surface area contributed by atoms with Crippen LogP contribution in [0.3, 0.4) is 0 Å². The number of amides is 1. The number of pyridine rings is 1. The van der Waals surface area contributed by atoms with E-state index < -0.39 is 10.8 Å². The SMILES string of the molecule is CC(C)Cn1ncc2cc(C(=O)NCCS(C)=O)cnc21. The summed E-state index contributed by atoms with van der Waals surface area (Å²) in [5.41, 5.74) is 1.28. The molecule has 0 aliphatic carbocycles. The van der Waals surface area contributed by atoms with Crippen LogP contribution in [-0.2, 0) is 17.3 Å². The van der Waals surface area contributed by atoms with Crippen LogP contribution >= 0.6 is 0 Å². The summed E-state index contributed by atoms with van der Waals surface area (Å²) in [6.07, 6.45) is 4.89. The first-order chi connectivity index (χ1) is 9.97. The summed E-state index contributed by atoms with van der Waals surface area (Å²) in [6.45, 7) is 5.43. The van der Waals surface area contributed by atoms with Gasteiger partial charge in [0.05, 0.1) is 11.8 Å². The summed E-state index contributed by atoms with van der Waals surface area (Å²) in [5.74, 6) is 0.729. The number of carbonyl (C=O) groups excluding carboxylic acids is 1. The van der Waals surface area contributed by atoms with Crippen molar-refractivity contribution < 1.29 is 9.00 Å². The molecule has 2 heterocycles. The molecule has 6 nitrogen and oxygen atoms in total. The van der Waals surface area contributed by atoms with Gasteiger partial charge in [0.2, 0.25) is 0 Å². The van der Waals surface area contributed by atoms with Crippen molar-refractivity contribution in [3.63, 3.8) is 0 Å². The molecule has 21 heavy (non-hydrogen) atoms. The van der Waals surface area contributed by atoms with Crippen LogP contribution in [0.2, 0.25) is 0 Å². The van der Waals surface area contributed by atoms with Gasteiger partial charge in [0.1, 0.15) is 0 Å². The minimum atomic E-state index is -0.907. The summed E-state index contributed by atoms with van der Waals surface area (Å²) in [5, 5.41) is 7.89. The smallest absolute Gasteiger partial charge is 0.252 e. The van der Waals surface area contributed by atoms with Gasteiger partial charge in [0, 0.05) is 47.5 Å². The second-order valence-electron chi connectivity index (χ2n) is 5.39. The Morgan fingerprint density at radius 2 is 2.19 bits per heavy atom. The van der Waals surface area contributed by atoms with Gasteiger partial charge in [-0.25, -0.2) is 9.67 Å². The van der Waals surface area contributed by atoms with E-state index >= 15 is 0 Å². The first kappa shape index (κ1) is 15.6. The molecule has 0 radical (unpaired) electrons. The average molecular weight is 308 g/mol. The number of fused-ring (bicyclic) bond motifs is 1. The summed E-state index contributed by atoms with van der Waals surface area (Å²) in [6, 6.07) is 1.78. The first-order valence-electron chi connectivity index (χ1n) is 6.87. The highest BCUT2D eigenvalue weighted by Crippen LogP contribution is 2.14. The Bertz CT molecular complexity index is 666. The minimum absolute atomic E-state index is 0.202. The molecule has 0 saturated heterocycles. The molecule has 2 aromatic rings. The second kappa shape index (κ2) is 6.80. The van der Waals surface area contributed by atoms with Crippen molar-refractivity contribution in [1.29, 1.82) is 0 Å². The Labute approximate surface area is 126 Å². The zero-order chi connectivity index (χ0) is 15.4. The maximum absolute atomic E-state index is 12.0. The Hall–Kier alpha value is -1.76. The summed E-state index contributed by atoms with van der Waals surface area (Å²) in [7, 11) is -0.907. The third kappa shape index (κ3) is 4.10. The summed E-state index contributed by atoms with van der Waals surface area (Å²) < 4.78 is 12.8. The molecule has 0 saturated carbocycles. The van der Waals surface area contributed by atoms with Gasteiger partial charge in [0.15, 0.2) is 5.65 Å². The van der Waals surface area contributed by atoms with Crippen LogP contribution in [0.1, 0.15) is 24.2 Å². The van der Waals surface area contributed by atoms with Crippen LogP contribution in [0.25, 0.3) is 11.0 Å². The number of aromatic nitrogens is 3.